The third kappa shape index (κ3) is 2.74. The number of hydrogen-bond donors (Lipinski definition) is 2. The van der Waals surface area contributed by atoms with Crippen molar-refractivity contribution in [2.75, 3.05) is 11.9 Å². The number of aryl methyl sites for hydroxylation is 1. The van der Waals surface area contributed by atoms with Crippen LogP contribution in [0.5, 0.6) is 0 Å². The van der Waals surface area contributed by atoms with Gasteiger partial charge in [0.2, 0.25) is 5.95 Å². The van der Waals surface area contributed by atoms with Gasteiger partial charge in [-0.1, -0.05) is 13.0 Å². The number of aromatic nitrogens is 3. The molecule has 2 rings (SSSR count). The molecular formula is C12H18N4O. The average molecular weight is 234 g/mol. The minimum Gasteiger partial charge on any atom is -0.393 e. The zero-order valence-electron chi connectivity index (χ0n) is 10.2. The van der Waals surface area contributed by atoms with Gasteiger partial charge in [-0.05, 0) is 31.4 Å². The summed E-state index contributed by atoms with van der Waals surface area (Å²) < 4.78 is 1.76. The standard InChI is InChI=1S/C12H18N4O/c1-3-10(17)6-7-13-12-14-11-9(2)5-4-8-16(11)15-12/h4-5,8,10,17H,3,6-7H2,1-2H3,(H,13,15). The molecule has 0 aromatic carbocycles. The summed E-state index contributed by atoms with van der Waals surface area (Å²) in [7, 11) is 0. The molecule has 5 nitrogen and oxygen atoms in total. The summed E-state index contributed by atoms with van der Waals surface area (Å²) in [5, 5.41) is 16.9. The lowest BCUT2D eigenvalue weighted by Crippen LogP contribution is -2.12. The molecule has 1 atom stereocenters. The van der Waals surface area contributed by atoms with Crippen LogP contribution in [0.25, 0.3) is 5.65 Å². The van der Waals surface area contributed by atoms with Gasteiger partial charge in [-0.15, -0.1) is 5.10 Å². The molecule has 2 N–H and O–H groups in total. The maximum absolute atomic E-state index is 9.43. The summed E-state index contributed by atoms with van der Waals surface area (Å²) in [4.78, 5) is 4.39. The van der Waals surface area contributed by atoms with Crippen molar-refractivity contribution in [2.45, 2.75) is 32.8 Å². The SMILES string of the molecule is CCC(O)CCNc1nc2c(C)cccn2n1. The van der Waals surface area contributed by atoms with Crippen molar-refractivity contribution in [2.24, 2.45) is 0 Å². The predicted molar refractivity (Wildman–Crippen MR) is 67.1 cm³/mol. The molecule has 2 aromatic heterocycles. The van der Waals surface area contributed by atoms with Gasteiger partial charge in [0.25, 0.3) is 0 Å². The zero-order chi connectivity index (χ0) is 12.3. The van der Waals surface area contributed by atoms with E-state index in [1.54, 1.807) is 4.52 Å². The van der Waals surface area contributed by atoms with Crippen LogP contribution in [-0.4, -0.2) is 32.4 Å². The summed E-state index contributed by atoms with van der Waals surface area (Å²) in [6, 6.07) is 3.95. The lowest BCUT2D eigenvalue weighted by Gasteiger charge is -2.06. The van der Waals surface area contributed by atoms with Gasteiger partial charge in [-0.2, -0.15) is 4.98 Å². The maximum Gasteiger partial charge on any atom is 0.243 e. The number of fused-ring (bicyclic) bond motifs is 1. The topological polar surface area (TPSA) is 62.5 Å². The van der Waals surface area contributed by atoms with Crippen LogP contribution < -0.4 is 5.32 Å². The molecule has 0 fully saturated rings. The van der Waals surface area contributed by atoms with Crippen molar-refractivity contribution in [1.29, 1.82) is 0 Å². The van der Waals surface area contributed by atoms with Crippen LogP contribution in [0.1, 0.15) is 25.3 Å². The molecule has 5 heteroatoms. The number of rotatable bonds is 5. The number of nitrogens with one attached hydrogen (secondary N) is 1. The van der Waals surface area contributed by atoms with E-state index in [9.17, 15) is 5.11 Å². The van der Waals surface area contributed by atoms with E-state index in [0.717, 1.165) is 17.6 Å². The third-order valence-electron chi connectivity index (χ3n) is 2.79. The van der Waals surface area contributed by atoms with Crippen molar-refractivity contribution in [3.05, 3.63) is 23.9 Å². The molecule has 0 aliphatic rings. The Hall–Kier alpha value is -1.62. The Kier molecular flexibility index (Phi) is 3.58. The molecule has 92 valence electrons. The fourth-order valence-corrected chi connectivity index (χ4v) is 1.67. The first-order chi connectivity index (χ1) is 8.20. The van der Waals surface area contributed by atoms with Crippen molar-refractivity contribution in [3.8, 4) is 0 Å². The van der Waals surface area contributed by atoms with Crippen LogP contribution in [0, 0.1) is 6.92 Å². The number of aliphatic hydroxyl groups excluding tert-OH is 1. The molecule has 0 aliphatic carbocycles. The van der Waals surface area contributed by atoms with E-state index in [-0.39, 0.29) is 6.10 Å². The number of anilines is 1. The van der Waals surface area contributed by atoms with Gasteiger partial charge in [0, 0.05) is 12.7 Å². The zero-order valence-corrected chi connectivity index (χ0v) is 10.2. The van der Waals surface area contributed by atoms with Crippen molar-refractivity contribution in [3.63, 3.8) is 0 Å². The fourth-order valence-electron chi connectivity index (χ4n) is 1.67. The van der Waals surface area contributed by atoms with Crippen molar-refractivity contribution >= 4 is 11.6 Å². The Labute approximate surface area is 100 Å². The summed E-state index contributed by atoms with van der Waals surface area (Å²) >= 11 is 0. The van der Waals surface area contributed by atoms with E-state index in [1.807, 2.05) is 32.2 Å². The summed E-state index contributed by atoms with van der Waals surface area (Å²) in [5.41, 5.74) is 1.97. The van der Waals surface area contributed by atoms with Gasteiger partial charge < -0.3 is 10.4 Å². The molecule has 1 unspecified atom stereocenters. The quantitative estimate of drug-likeness (QED) is 0.825. The summed E-state index contributed by atoms with van der Waals surface area (Å²) in [6.07, 6.45) is 3.12. The van der Waals surface area contributed by atoms with Gasteiger partial charge in [0.15, 0.2) is 5.65 Å². The first kappa shape index (κ1) is 11.9. The second-order valence-corrected chi connectivity index (χ2v) is 4.17. The number of aliphatic hydroxyl groups is 1. The molecule has 17 heavy (non-hydrogen) atoms. The van der Waals surface area contributed by atoms with E-state index in [2.05, 4.69) is 15.4 Å². The number of nitrogens with zero attached hydrogens (tertiary/aromatic N) is 3. The third-order valence-corrected chi connectivity index (χ3v) is 2.79. The average Bonchev–Trinajstić information content (AvgIpc) is 2.73. The molecule has 2 heterocycles. The number of pyridine rings is 1. The Morgan fingerprint density at radius 2 is 2.35 bits per heavy atom. The molecule has 0 saturated carbocycles. The summed E-state index contributed by atoms with van der Waals surface area (Å²) in [5.74, 6) is 0.614. The van der Waals surface area contributed by atoms with Crippen LogP contribution in [0.2, 0.25) is 0 Å². The van der Waals surface area contributed by atoms with Crippen LogP contribution >= 0.6 is 0 Å². The highest BCUT2D eigenvalue weighted by Gasteiger charge is 2.05. The van der Waals surface area contributed by atoms with Crippen molar-refractivity contribution < 1.29 is 5.11 Å². The lowest BCUT2D eigenvalue weighted by atomic mass is 10.2. The Morgan fingerprint density at radius 3 is 3.06 bits per heavy atom. The number of hydrogen-bond acceptors (Lipinski definition) is 4. The van der Waals surface area contributed by atoms with Gasteiger partial charge in [0.05, 0.1) is 6.10 Å². The predicted octanol–water partition coefficient (Wildman–Crippen LogP) is 1.61. The fraction of sp³-hybridized carbons (Fsp3) is 0.500. The summed E-state index contributed by atoms with van der Waals surface area (Å²) in [6.45, 7) is 4.66. The molecule has 2 aromatic rings. The van der Waals surface area contributed by atoms with Gasteiger partial charge in [-0.25, -0.2) is 4.52 Å². The van der Waals surface area contributed by atoms with Crippen LogP contribution in [0.4, 0.5) is 5.95 Å². The van der Waals surface area contributed by atoms with Gasteiger partial charge in [-0.3, -0.25) is 0 Å². The molecule has 0 amide bonds. The molecule has 0 spiro atoms. The highest BCUT2D eigenvalue weighted by molar-refractivity contribution is 5.49. The van der Waals surface area contributed by atoms with E-state index < -0.39 is 0 Å². The second-order valence-electron chi connectivity index (χ2n) is 4.17. The van der Waals surface area contributed by atoms with E-state index in [0.29, 0.717) is 18.9 Å². The second kappa shape index (κ2) is 5.14. The Balaban J connectivity index is 2.02. The first-order valence-electron chi connectivity index (χ1n) is 5.94. The molecule has 0 aliphatic heterocycles. The van der Waals surface area contributed by atoms with Gasteiger partial charge in [0.1, 0.15) is 0 Å². The van der Waals surface area contributed by atoms with E-state index >= 15 is 0 Å². The maximum atomic E-state index is 9.43. The molecular weight excluding hydrogens is 216 g/mol. The Morgan fingerprint density at radius 1 is 1.53 bits per heavy atom. The normalized spacial score (nSPS) is 12.9. The Bertz CT molecular complexity index is 494. The largest absolute Gasteiger partial charge is 0.393 e. The first-order valence-corrected chi connectivity index (χ1v) is 5.94. The molecule has 0 radical (unpaired) electrons. The highest BCUT2D eigenvalue weighted by atomic mass is 16.3. The highest BCUT2D eigenvalue weighted by Crippen LogP contribution is 2.09. The molecule has 0 saturated heterocycles. The van der Waals surface area contributed by atoms with Crippen LogP contribution in [-0.2, 0) is 0 Å². The van der Waals surface area contributed by atoms with E-state index in [4.69, 9.17) is 0 Å². The van der Waals surface area contributed by atoms with E-state index in [1.165, 1.54) is 0 Å². The van der Waals surface area contributed by atoms with Crippen molar-refractivity contribution in [1.82, 2.24) is 14.6 Å². The lowest BCUT2D eigenvalue weighted by molar-refractivity contribution is 0.164. The minimum absolute atomic E-state index is 0.249. The smallest absolute Gasteiger partial charge is 0.243 e. The van der Waals surface area contributed by atoms with Crippen LogP contribution in [0.3, 0.4) is 0 Å². The van der Waals surface area contributed by atoms with Gasteiger partial charge >= 0.3 is 0 Å². The van der Waals surface area contributed by atoms with Crippen LogP contribution in [0.15, 0.2) is 18.3 Å². The monoisotopic (exact) mass is 234 g/mol. The molecule has 0 bridgehead atoms. The minimum atomic E-state index is -0.249.